The lowest BCUT2D eigenvalue weighted by Gasteiger charge is -2.32. The summed E-state index contributed by atoms with van der Waals surface area (Å²) >= 11 is 0. The van der Waals surface area contributed by atoms with E-state index in [-0.39, 0.29) is 17.7 Å². The molecule has 5 heterocycles. The molecule has 5 rings (SSSR count). The molecule has 3 aromatic heterocycles. The largest absolute Gasteiger partial charge is 0.463 e. The highest BCUT2D eigenvalue weighted by Crippen LogP contribution is 2.22. The van der Waals surface area contributed by atoms with E-state index in [0.29, 0.717) is 68.8 Å². The van der Waals surface area contributed by atoms with Gasteiger partial charge in [-0.2, -0.15) is 5.10 Å². The van der Waals surface area contributed by atoms with Crippen molar-refractivity contribution in [3.05, 3.63) is 42.0 Å². The van der Waals surface area contributed by atoms with E-state index in [1.807, 2.05) is 11.0 Å². The number of likely N-dealkylation sites (tertiary alicyclic amines) is 1. The van der Waals surface area contributed by atoms with Crippen LogP contribution in [-0.4, -0.2) is 86.2 Å². The van der Waals surface area contributed by atoms with Crippen molar-refractivity contribution in [3.8, 4) is 11.5 Å². The molecule has 0 aliphatic carbocycles. The van der Waals surface area contributed by atoms with E-state index in [0.717, 1.165) is 12.8 Å². The van der Waals surface area contributed by atoms with Crippen LogP contribution in [0.1, 0.15) is 33.8 Å². The molecule has 0 aromatic carbocycles. The van der Waals surface area contributed by atoms with Crippen LogP contribution in [0.5, 0.6) is 0 Å². The Hall–Kier alpha value is -3.47. The minimum absolute atomic E-state index is 0.106. The number of nitrogens with one attached hydrogen (secondary N) is 1. The first kappa shape index (κ1) is 20.4. The highest BCUT2D eigenvalue weighted by atomic mass is 16.5. The number of furan rings is 1. The van der Waals surface area contributed by atoms with Gasteiger partial charge >= 0.3 is 0 Å². The quantitative estimate of drug-likeness (QED) is 0.635. The lowest BCUT2D eigenvalue weighted by molar-refractivity contribution is 0.0299. The van der Waals surface area contributed by atoms with Crippen molar-refractivity contribution in [1.82, 2.24) is 35.0 Å². The summed E-state index contributed by atoms with van der Waals surface area (Å²) < 4.78 is 12.4. The second-order valence-corrected chi connectivity index (χ2v) is 8.13. The minimum atomic E-state index is -0.120. The van der Waals surface area contributed by atoms with Gasteiger partial charge in [0.25, 0.3) is 11.8 Å². The summed E-state index contributed by atoms with van der Waals surface area (Å²) in [6.45, 7) is 4.13. The van der Waals surface area contributed by atoms with Crippen molar-refractivity contribution in [1.29, 1.82) is 0 Å². The van der Waals surface area contributed by atoms with Gasteiger partial charge in [-0.05, 0) is 30.9 Å². The molecule has 0 saturated carbocycles. The summed E-state index contributed by atoms with van der Waals surface area (Å²) in [7, 11) is 0. The fourth-order valence-corrected chi connectivity index (χ4v) is 4.23. The van der Waals surface area contributed by atoms with Crippen molar-refractivity contribution in [2.45, 2.75) is 19.4 Å². The fraction of sp³-hybridized carbons (Fsp3) is 0.476. The topological polar surface area (TPSA) is 122 Å². The third-order valence-corrected chi connectivity index (χ3v) is 5.89. The van der Waals surface area contributed by atoms with Crippen molar-refractivity contribution in [2.75, 3.05) is 39.4 Å². The molecule has 2 aliphatic heterocycles. The Morgan fingerprint density at radius 3 is 2.78 bits per heavy atom. The fourth-order valence-electron chi connectivity index (χ4n) is 4.23. The van der Waals surface area contributed by atoms with Gasteiger partial charge in [0, 0.05) is 38.8 Å². The maximum Gasteiger partial charge on any atom is 0.276 e. The first-order valence-corrected chi connectivity index (χ1v) is 10.8. The summed E-state index contributed by atoms with van der Waals surface area (Å²) in [6.07, 6.45) is 5.16. The number of nitrogens with zero attached hydrogens (tertiary/aromatic N) is 6. The molecule has 2 fully saturated rings. The Morgan fingerprint density at radius 2 is 1.97 bits per heavy atom. The molecule has 0 unspecified atom stereocenters. The smallest absolute Gasteiger partial charge is 0.276 e. The van der Waals surface area contributed by atoms with Crippen molar-refractivity contribution >= 4 is 11.8 Å². The number of aromatic amines is 1. The Morgan fingerprint density at radius 1 is 1.12 bits per heavy atom. The molecule has 0 radical (unpaired) electrons. The van der Waals surface area contributed by atoms with Crippen LogP contribution in [0.3, 0.4) is 0 Å². The van der Waals surface area contributed by atoms with Gasteiger partial charge in [-0.3, -0.25) is 19.4 Å². The van der Waals surface area contributed by atoms with Gasteiger partial charge in [0.15, 0.2) is 17.1 Å². The van der Waals surface area contributed by atoms with Gasteiger partial charge in [0.1, 0.15) is 5.69 Å². The third-order valence-electron chi connectivity index (χ3n) is 5.89. The second-order valence-electron chi connectivity index (χ2n) is 8.13. The predicted molar refractivity (Wildman–Crippen MR) is 112 cm³/mol. The maximum atomic E-state index is 13.0. The number of piperidine rings is 1. The molecule has 32 heavy (non-hydrogen) atoms. The van der Waals surface area contributed by atoms with Crippen LogP contribution in [0.15, 0.2) is 35.1 Å². The maximum absolute atomic E-state index is 13.0. The van der Waals surface area contributed by atoms with E-state index in [9.17, 15) is 9.59 Å². The van der Waals surface area contributed by atoms with Crippen LogP contribution in [-0.2, 0) is 11.3 Å². The Balaban J connectivity index is 1.20. The number of morpholine rings is 1. The monoisotopic (exact) mass is 439 g/mol. The van der Waals surface area contributed by atoms with Crippen LogP contribution < -0.4 is 0 Å². The van der Waals surface area contributed by atoms with E-state index in [2.05, 4.69) is 20.5 Å². The molecule has 11 nitrogen and oxygen atoms in total. The first-order valence-electron chi connectivity index (χ1n) is 10.8. The standard InChI is InChI=1S/C21H25N7O4/c29-20(17-11-16(22-23-17)19-4-2-8-32-19)27-5-1-3-15(12-27)13-28-14-18(24-25-28)21(30)26-6-9-31-10-7-26/h2,4,8,11,14-15H,1,3,5-7,9-10,12-13H2,(H,22,23)/t15-/m1/s1. The predicted octanol–water partition coefficient (Wildman–Crippen LogP) is 1.29. The lowest BCUT2D eigenvalue weighted by Crippen LogP contribution is -2.41. The number of carbonyl (C=O) groups is 2. The van der Waals surface area contributed by atoms with Crippen LogP contribution in [0.2, 0.25) is 0 Å². The summed E-state index contributed by atoms with van der Waals surface area (Å²) in [5.41, 5.74) is 1.39. The molecule has 3 aromatic rings. The number of hydrogen-bond acceptors (Lipinski definition) is 7. The molecular weight excluding hydrogens is 414 g/mol. The molecule has 11 heteroatoms. The van der Waals surface area contributed by atoms with Gasteiger partial charge in [0.2, 0.25) is 0 Å². The van der Waals surface area contributed by atoms with Crippen molar-refractivity contribution in [2.24, 2.45) is 5.92 Å². The number of amides is 2. The normalized spacial score (nSPS) is 19.3. The number of carbonyl (C=O) groups excluding carboxylic acids is 2. The van der Waals surface area contributed by atoms with E-state index in [1.54, 1.807) is 34.2 Å². The van der Waals surface area contributed by atoms with Crippen LogP contribution in [0.4, 0.5) is 0 Å². The zero-order chi connectivity index (χ0) is 21.9. The van der Waals surface area contributed by atoms with Crippen molar-refractivity contribution < 1.29 is 18.7 Å². The molecule has 2 aliphatic rings. The summed E-state index contributed by atoms with van der Waals surface area (Å²) in [6, 6.07) is 5.32. The zero-order valence-corrected chi connectivity index (χ0v) is 17.6. The number of ether oxygens (including phenoxy) is 1. The van der Waals surface area contributed by atoms with Gasteiger partial charge in [-0.1, -0.05) is 5.21 Å². The summed E-state index contributed by atoms with van der Waals surface area (Å²) in [4.78, 5) is 29.1. The summed E-state index contributed by atoms with van der Waals surface area (Å²) in [5, 5.41) is 15.2. The zero-order valence-electron chi connectivity index (χ0n) is 17.6. The second kappa shape index (κ2) is 8.95. The molecule has 168 valence electrons. The van der Waals surface area contributed by atoms with Gasteiger partial charge < -0.3 is 19.0 Å². The van der Waals surface area contributed by atoms with Crippen LogP contribution in [0, 0.1) is 5.92 Å². The number of hydrogen-bond donors (Lipinski definition) is 1. The summed E-state index contributed by atoms with van der Waals surface area (Å²) in [5.74, 6) is 0.641. The molecular formula is C21H25N7O4. The van der Waals surface area contributed by atoms with Gasteiger partial charge in [0.05, 0.1) is 25.7 Å². The molecule has 1 N–H and O–H groups in total. The first-order chi connectivity index (χ1) is 15.7. The van der Waals surface area contributed by atoms with E-state index < -0.39 is 0 Å². The van der Waals surface area contributed by atoms with Crippen molar-refractivity contribution in [3.63, 3.8) is 0 Å². The average Bonchev–Trinajstić information content (AvgIpc) is 3.60. The number of aromatic nitrogens is 5. The molecule has 1 atom stereocenters. The Kier molecular flexibility index (Phi) is 5.71. The van der Waals surface area contributed by atoms with E-state index >= 15 is 0 Å². The van der Waals surface area contributed by atoms with E-state index in [1.165, 1.54) is 0 Å². The van der Waals surface area contributed by atoms with Gasteiger partial charge in [-0.15, -0.1) is 5.10 Å². The Labute approximate surface area is 184 Å². The number of H-pyrrole nitrogens is 1. The van der Waals surface area contributed by atoms with Crippen LogP contribution >= 0.6 is 0 Å². The molecule has 0 bridgehead atoms. The Bertz CT molecular complexity index is 1070. The minimum Gasteiger partial charge on any atom is -0.463 e. The highest BCUT2D eigenvalue weighted by molar-refractivity contribution is 5.93. The van der Waals surface area contributed by atoms with E-state index in [4.69, 9.17) is 9.15 Å². The molecule has 2 amide bonds. The van der Waals surface area contributed by atoms with Crippen LogP contribution in [0.25, 0.3) is 11.5 Å². The SMILES string of the molecule is O=C(c1cn(C[C@@H]2CCCN(C(=O)c3cc(-c4ccco4)[nH]n3)C2)nn1)N1CCOCC1. The highest BCUT2D eigenvalue weighted by Gasteiger charge is 2.27. The molecule has 2 saturated heterocycles. The average molecular weight is 439 g/mol. The number of rotatable bonds is 5. The van der Waals surface area contributed by atoms with Gasteiger partial charge in [-0.25, -0.2) is 0 Å². The molecule has 0 spiro atoms. The third kappa shape index (κ3) is 4.28. The lowest BCUT2D eigenvalue weighted by atomic mass is 9.97.